The van der Waals surface area contributed by atoms with Crippen molar-refractivity contribution in [2.75, 3.05) is 26.2 Å². The zero-order chi connectivity index (χ0) is 24.7. The Balaban J connectivity index is 1.67. The molecule has 34 heavy (non-hydrogen) atoms. The molecule has 0 bridgehead atoms. The van der Waals surface area contributed by atoms with E-state index in [4.69, 9.17) is 16.3 Å². The largest absolute Gasteiger partial charge is 0.480 e. The van der Waals surface area contributed by atoms with Crippen LogP contribution < -0.4 is 5.32 Å². The third-order valence-electron chi connectivity index (χ3n) is 6.62. The summed E-state index contributed by atoms with van der Waals surface area (Å²) in [6, 6.07) is 16.1. The van der Waals surface area contributed by atoms with Gasteiger partial charge in [0.2, 0.25) is 5.91 Å². The zero-order valence-corrected chi connectivity index (χ0v) is 19.5. The maximum absolute atomic E-state index is 13.2. The Morgan fingerprint density at radius 2 is 1.62 bits per heavy atom. The standard InChI is InChI=1S/C27H30N2O5/c1-4-15-29(16-24(30)31)25(32)27(5-2,6-3)18-28-26(33)34-17-23-21-13-9-7-11-19(21)20-12-8-10-14-22(20)23/h1,7-14,23H,5-6,15-18H2,2-3H3,(H,28,33)(H,30,31). The molecule has 0 aliphatic heterocycles. The lowest BCUT2D eigenvalue weighted by atomic mass is 9.80. The second kappa shape index (κ2) is 10.9. The van der Waals surface area contributed by atoms with Gasteiger partial charge >= 0.3 is 12.1 Å². The number of amides is 2. The molecule has 2 N–H and O–H groups in total. The molecule has 2 amide bonds. The summed E-state index contributed by atoms with van der Waals surface area (Å²) >= 11 is 0. The Hall–Kier alpha value is -3.79. The Kier molecular flexibility index (Phi) is 7.95. The van der Waals surface area contributed by atoms with Crippen LogP contribution in [0.1, 0.15) is 43.7 Å². The monoisotopic (exact) mass is 462 g/mol. The van der Waals surface area contributed by atoms with Crippen molar-refractivity contribution in [3.8, 4) is 23.5 Å². The summed E-state index contributed by atoms with van der Waals surface area (Å²) in [7, 11) is 0. The van der Waals surface area contributed by atoms with Crippen LogP contribution in [0.3, 0.4) is 0 Å². The van der Waals surface area contributed by atoms with Gasteiger partial charge in [0.15, 0.2) is 0 Å². The summed E-state index contributed by atoms with van der Waals surface area (Å²) in [4.78, 5) is 38.1. The smallest absolute Gasteiger partial charge is 0.407 e. The molecular formula is C27H30N2O5. The average molecular weight is 463 g/mol. The van der Waals surface area contributed by atoms with Crippen LogP contribution in [0.25, 0.3) is 11.1 Å². The molecule has 2 aromatic rings. The molecule has 0 fully saturated rings. The Bertz CT molecular complexity index is 1050. The summed E-state index contributed by atoms with van der Waals surface area (Å²) in [6.45, 7) is 3.25. The van der Waals surface area contributed by atoms with E-state index in [9.17, 15) is 14.4 Å². The lowest BCUT2D eigenvalue weighted by Gasteiger charge is -2.34. The van der Waals surface area contributed by atoms with E-state index < -0.39 is 29.9 Å². The third kappa shape index (κ3) is 5.07. The zero-order valence-electron chi connectivity index (χ0n) is 19.5. The van der Waals surface area contributed by atoms with Crippen LogP contribution in [0, 0.1) is 17.8 Å². The number of carbonyl (C=O) groups excluding carboxylic acids is 2. The SMILES string of the molecule is C#CCN(CC(=O)O)C(=O)C(CC)(CC)CNC(=O)OCC1c2ccccc2-c2ccccc21. The minimum Gasteiger partial charge on any atom is -0.480 e. The number of carbonyl (C=O) groups is 3. The molecule has 0 spiro atoms. The lowest BCUT2D eigenvalue weighted by molar-refractivity contribution is -0.149. The number of carboxylic acids is 1. The molecule has 0 radical (unpaired) electrons. The normalized spacial score (nSPS) is 12.3. The number of hydrogen-bond donors (Lipinski definition) is 2. The molecule has 3 rings (SSSR count). The van der Waals surface area contributed by atoms with Gasteiger partial charge in [-0.1, -0.05) is 68.3 Å². The topological polar surface area (TPSA) is 95.9 Å². The average Bonchev–Trinajstić information content (AvgIpc) is 3.16. The van der Waals surface area contributed by atoms with Crippen molar-refractivity contribution in [2.45, 2.75) is 32.6 Å². The summed E-state index contributed by atoms with van der Waals surface area (Å²) in [6.07, 6.45) is 5.53. The minimum absolute atomic E-state index is 0.0240. The van der Waals surface area contributed by atoms with Crippen LogP contribution >= 0.6 is 0 Å². The van der Waals surface area contributed by atoms with E-state index in [0.29, 0.717) is 12.8 Å². The first kappa shape index (κ1) is 24.8. The molecule has 0 atom stereocenters. The van der Waals surface area contributed by atoms with E-state index in [1.54, 1.807) is 0 Å². The van der Waals surface area contributed by atoms with E-state index in [1.165, 1.54) is 0 Å². The van der Waals surface area contributed by atoms with Crippen LogP contribution in [0.5, 0.6) is 0 Å². The number of rotatable bonds is 10. The fraction of sp³-hybridized carbons (Fsp3) is 0.370. The Morgan fingerprint density at radius 1 is 1.06 bits per heavy atom. The van der Waals surface area contributed by atoms with Crippen LogP contribution in [0.4, 0.5) is 4.79 Å². The number of alkyl carbamates (subject to hydrolysis) is 1. The predicted molar refractivity (Wildman–Crippen MR) is 129 cm³/mol. The number of hydrogen-bond acceptors (Lipinski definition) is 4. The molecule has 0 aromatic heterocycles. The number of nitrogens with one attached hydrogen (secondary N) is 1. The number of carboxylic acid groups (broad SMARTS) is 1. The molecule has 7 heteroatoms. The second-order valence-electron chi connectivity index (χ2n) is 8.43. The van der Waals surface area contributed by atoms with Crippen molar-refractivity contribution >= 4 is 18.0 Å². The van der Waals surface area contributed by atoms with Gasteiger partial charge in [0.05, 0.1) is 12.0 Å². The van der Waals surface area contributed by atoms with Gasteiger partial charge in [-0.15, -0.1) is 6.42 Å². The Labute approximate surface area is 200 Å². The highest BCUT2D eigenvalue weighted by Gasteiger charge is 2.39. The highest BCUT2D eigenvalue weighted by atomic mass is 16.5. The minimum atomic E-state index is -1.14. The molecule has 1 aliphatic carbocycles. The van der Waals surface area contributed by atoms with Gasteiger partial charge in [0.25, 0.3) is 0 Å². The van der Waals surface area contributed by atoms with Crippen molar-refractivity contribution < 1.29 is 24.2 Å². The number of nitrogens with zero attached hydrogens (tertiary/aromatic N) is 1. The van der Waals surface area contributed by atoms with Gasteiger partial charge in [-0.3, -0.25) is 9.59 Å². The molecule has 0 saturated heterocycles. The number of fused-ring (bicyclic) bond motifs is 3. The van der Waals surface area contributed by atoms with Gasteiger partial charge in [-0.05, 0) is 35.1 Å². The van der Waals surface area contributed by atoms with Crippen molar-refractivity contribution in [1.82, 2.24) is 10.2 Å². The molecule has 7 nitrogen and oxygen atoms in total. The molecule has 1 aliphatic rings. The highest BCUT2D eigenvalue weighted by molar-refractivity contribution is 5.87. The second-order valence-corrected chi connectivity index (χ2v) is 8.43. The molecule has 2 aromatic carbocycles. The van der Waals surface area contributed by atoms with E-state index in [1.807, 2.05) is 50.2 Å². The number of terminal acetylenes is 1. The maximum Gasteiger partial charge on any atom is 0.407 e. The summed E-state index contributed by atoms with van der Waals surface area (Å²) < 4.78 is 5.57. The van der Waals surface area contributed by atoms with E-state index >= 15 is 0 Å². The van der Waals surface area contributed by atoms with Crippen LogP contribution in [0.2, 0.25) is 0 Å². The molecule has 0 saturated carbocycles. The summed E-state index contributed by atoms with van der Waals surface area (Å²) in [5.41, 5.74) is 3.53. The number of ether oxygens (including phenoxy) is 1. The lowest BCUT2D eigenvalue weighted by Crippen LogP contribution is -2.51. The van der Waals surface area contributed by atoms with E-state index in [2.05, 4.69) is 23.4 Å². The van der Waals surface area contributed by atoms with Crippen LogP contribution in [-0.2, 0) is 14.3 Å². The van der Waals surface area contributed by atoms with Crippen molar-refractivity contribution in [2.24, 2.45) is 5.41 Å². The van der Waals surface area contributed by atoms with Crippen molar-refractivity contribution in [3.05, 3.63) is 59.7 Å². The van der Waals surface area contributed by atoms with E-state index in [0.717, 1.165) is 27.2 Å². The molecule has 0 heterocycles. The highest BCUT2D eigenvalue weighted by Crippen LogP contribution is 2.44. The van der Waals surface area contributed by atoms with Crippen LogP contribution in [0.15, 0.2) is 48.5 Å². The van der Waals surface area contributed by atoms with Gasteiger partial charge in [0, 0.05) is 12.5 Å². The fourth-order valence-electron chi connectivity index (χ4n) is 4.58. The first-order valence-electron chi connectivity index (χ1n) is 11.4. The quantitative estimate of drug-likeness (QED) is 0.523. The summed E-state index contributed by atoms with van der Waals surface area (Å²) in [5, 5.41) is 11.9. The predicted octanol–water partition coefficient (Wildman–Crippen LogP) is 3.88. The maximum atomic E-state index is 13.2. The molecule has 0 unspecified atom stereocenters. The van der Waals surface area contributed by atoms with Gasteiger partial charge in [-0.2, -0.15) is 0 Å². The van der Waals surface area contributed by atoms with E-state index in [-0.39, 0.29) is 25.6 Å². The Morgan fingerprint density at radius 3 is 2.12 bits per heavy atom. The van der Waals surface area contributed by atoms with Gasteiger partial charge < -0.3 is 20.1 Å². The van der Waals surface area contributed by atoms with Crippen LogP contribution in [-0.4, -0.2) is 54.2 Å². The summed E-state index contributed by atoms with van der Waals surface area (Å²) in [5.74, 6) is 0.735. The number of aliphatic carboxylic acids is 1. The first-order chi connectivity index (χ1) is 16.4. The fourth-order valence-corrected chi connectivity index (χ4v) is 4.58. The van der Waals surface area contributed by atoms with Gasteiger partial charge in [0.1, 0.15) is 13.2 Å². The van der Waals surface area contributed by atoms with Crippen molar-refractivity contribution in [1.29, 1.82) is 0 Å². The number of benzene rings is 2. The molecular weight excluding hydrogens is 432 g/mol. The molecule has 178 valence electrons. The first-order valence-corrected chi connectivity index (χ1v) is 11.4. The van der Waals surface area contributed by atoms with Gasteiger partial charge in [-0.25, -0.2) is 4.79 Å². The third-order valence-corrected chi connectivity index (χ3v) is 6.62. The van der Waals surface area contributed by atoms with Crippen molar-refractivity contribution in [3.63, 3.8) is 0 Å².